The Labute approximate surface area is 151 Å². The Balaban J connectivity index is 1.56. The van der Waals surface area contributed by atoms with Crippen LogP contribution in [0.2, 0.25) is 0 Å². The summed E-state index contributed by atoms with van der Waals surface area (Å²) in [6.45, 7) is 4.42. The number of amides is 1. The summed E-state index contributed by atoms with van der Waals surface area (Å²) in [5.41, 5.74) is 3.25. The third-order valence-corrected chi connectivity index (χ3v) is 4.71. The van der Waals surface area contributed by atoms with E-state index in [0.29, 0.717) is 17.5 Å². The van der Waals surface area contributed by atoms with Crippen molar-refractivity contribution >= 4 is 17.7 Å². The quantitative estimate of drug-likeness (QED) is 0.665. The number of thioether (sulfide) groups is 1. The van der Waals surface area contributed by atoms with Crippen LogP contribution in [0, 0.1) is 6.92 Å². The molecule has 0 aliphatic heterocycles. The maximum Gasteiger partial charge on any atom is 0.233 e. The molecule has 5 nitrogen and oxygen atoms in total. The molecule has 0 aliphatic carbocycles. The van der Waals surface area contributed by atoms with Crippen molar-refractivity contribution in [3.63, 3.8) is 0 Å². The molecule has 2 N–H and O–H groups in total. The Kier molecular flexibility index (Phi) is 5.50. The van der Waals surface area contributed by atoms with Gasteiger partial charge in [0.15, 0.2) is 5.82 Å². The predicted molar refractivity (Wildman–Crippen MR) is 100 cm³/mol. The number of rotatable bonds is 6. The largest absolute Gasteiger partial charge is 0.351 e. The number of hydrogen-bond donors (Lipinski definition) is 2. The SMILES string of the molecule is Cc1ccc(-c2nc(S[C@@H](C)C(=O)NCc3ccccc3)n[nH]2)cc1. The first-order valence-electron chi connectivity index (χ1n) is 8.09. The van der Waals surface area contributed by atoms with Gasteiger partial charge in [0.25, 0.3) is 0 Å². The van der Waals surface area contributed by atoms with Crippen molar-refractivity contribution in [2.75, 3.05) is 0 Å². The van der Waals surface area contributed by atoms with Crippen LogP contribution in [0.1, 0.15) is 18.1 Å². The van der Waals surface area contributed by atoms with Gasteiger partial charge in [-0.15, -0.1) is 5.10 Å². The van der Waals surface area contributed by atoms with Gasteiger partial charge in [0.2, 0.25) is 11.1 Å². The molecule has 1 atom stereocenters. The van der Waals surface area contributed by atoms with Gasteiger partial charge in [-0.05, 0) is 19.4 Å². The van der Waals surface area contributed by atoms with Gasteiger partial charge in [-0.1, -0.05) is 71.9 Å². The third-order valence-electron chi connectivity index (χ3n) is 3.75. The van der Waals surface area contributed by atoms with Crippen molar-refractivity contribution in [2.45, 2.75) is 30.8 Å². The van der Waals surface area contributed by atoms with Crippen LogP contribution in [0.25, 0.3) is 11.4 Å². The monoisotopic (exact) mass is 352 g/mol. The van der Waals surface area contributed by atoms with Crippen molar-refractivity contribution in [1.82, 2.24) is 20.5 Å². The number of H-pyrrole nitrogens is 1. The van der Waals surface area contributed by atoms with Crippen LogP contribution in [0.15, 0.2) is 59.8 Å². The molecule has 0 radical (unpaired) electrons. The lowest BCUT2D eigenvalue weighted by molar-refractivity contribution is -0.120. The molecule has 0 saturated carbocycles. The minimum atomic E-state index is -0.273. The third kappa shape index (κ3) is 4.70. The van der Waals surface area contributed by atoms with Gasteiger partial charge in [0, 0.05) is 12.1 Å². The van der Waals surface area contributed by atoms with E-state index in [-0.39, 0.29) is 11.2 Å². The first-order chi connectivity index (χ1) is 12.1. The molecule has 3 rings (SSSR count). The van der Waals surface area contributed by atoms with E-state index in [9.17, 15) is 4.79 Å². The first kappa shape index (κ1) is 17.2. The Bertz CT molecular complexity index is 830. The zero-order valence-electron chi connectivity index (χ0n) is 14.2. The average Bonchev–Trinajstić information content (AvgIpc) is 3.09. The molecule has 3 aromatic rings. The lowest BCUT2D eigenvalue weighted by atomic mass is 10.1. The normalized spacial score (nSPS) is 11.9. The fourth-order valence-corrected chi connectivity index (χ4v) is 3.03. The maximum absolute atomic E-state index is 12.2. The summed E-state index contributed by atoms with van der Waals surface area (Å²) < 4.78 is 0. The second-order valence-corrected chi connectivity index (χ2v) is 7.10. The van der Waals surface area contributed by atoms with E-state index in [1.54, 1.807) is 0 Å². The molecular formula is C19H20N4OS. The number of aromatic amines is 1. The molecule has 1 aromatic heterocycles. The zero-order chi connectivity index (χ0) is 17.6. The molecule has 0 aliphatic rings. The molecule has 6 heteroatoms. The Morgan fingerprint density at radius 3 is 2.60 bits per heavy atom. The Morgan fingerprint density at radius 1 is 1.16 bits per heavy atom. The van der Waals surface area contributed by atoms with Gasteiger partial charge in [-0.3, -0.25) is 9.89 Å². The zero-order valence-corrected chi connectivity index (χ0v) is 15.0. The van der Waals surface area contributed by atoms with Crippen LogP contribution in [0.5, 0.6) is 0 Å². The summed E-state index contributed by atoms with van der Waals surface area (Å²) in [6, 6.07) is 17.9. The topological polar surface area (TPSA) is 70.7 Å². The van der Waals surface area contributed by atoms with Crippen LogP contribution in [-0.2, 0) is 11.3 Å². The fraction of sp³-hybridized carbons (Fsp3) is 0.211. The number of benzene rings is 2. The molecule has 1 heterocycles. The summed E-state index contributed by atoms with van der Waals surface area (Å²) in [5, 5.41) is 10.4. The molecule has 0 unspecified atom stereocenters. The molecule has 0 bridgehead atoms. The predicted octanol–water partition coefficient (Wildman–Crippen LogP) is 3.58. The minimum absolute atomic E-state index is 0.0319. The van der Waals surface area contributed by atoms with Crippen molar-refractivity contribution < 1.29 is 4.79 Å². The molecule has 128 valence electrons. The summed E-state index contributed by atoms with van der Waals surface area (Å²) in [4.78, 5) is 16.7. The van der Waals surface area contributed by atoms with E-state index < -0.39 is 0 Å². The van der Waals surface area contributed by atoms with Crippen molar-refractivity contribution in [3.05, 3.63) is 65.7 Å². The first-order valence-corrected chi connectivity index (χ1v) is 8.97. The maximum atomic E-state index is 12.2. The van der Waals surface area contributed by atoms with Crippen LogP contribution in [0.4, 0.5) is 0 Å². The smallest absolute Gasteiger partial charge is 0.233 e. The lowest BCUT2D eigenvalue weighted by Crippen LogP contribution is -2.30. The minimum Gasteiger partial charge on any atom is -0.351 e. The highest BCUT2D eigenvalue weighted by molar-refractivity contribution is 8.00. The van der Waals surface area contributed by atoms with Gasteiger partial charge >= 0.3 is 0 Å². The number of hydrogen-bond acceptors (Lipinski definition) is 4. The van der Waals surface area contributed by atoms with E-state index in [2.05, 4.69) is 20.5 Å². The summed E-state index contributed by atoms with van der Waals surface area (Å²) in [5.74, 6) is 0.676. The number of aromatic nitrogens is 3. The van der Waals surface area contributed by atoms with Crippen LogP contribution < -0.4 is 5.32 Å². The van der Waals surface area contributed by atoms with E-state index in [4.69, 9.17) is 0 Å². The standard InChI is InChI=1S/C19H20N4OS/c1-13-8-10-16(11-9-13)17-21-19(23-22-17)25-14(2)18(24)20-12-15-6-4-3-5-7-15/h3-11,14H,12H2,1-2H3,(H,20,24)(H,21,22,23)/t14-/m0/s1. The van der Waals surface area contributed by atoms with Crippen LogP contribution in [0.3, 0.4) is 0 Å². The second-order valence-electron chi connectivity index (χ2n) is 5.80. The van der Waals surface area contributed by atoms with Gasteiger partial charge in [-0.2, -0.15) is 0 Å². The van der Waals surface area contributed by atoms with Gasteiger partial charge < -0.3 is 5.32 Å². The molecule has 2 aromatic carbocycles. The lowest BCUT2D eigenvalue weighted by Gasteiger charge is -2.10. The van der Waals surface area contributed by atoms with E-state index in [1.807, 2.05) is 68.4 Å². The Morgan fingerprint density at radius 2 is 1.88 bits per heavy atom. The molecule has 0 spiro atoms. The summed E-state index contributed by atoms with van der Waals surface area (Å²) >= 11 is 1.34. The van der Waals surface area contributed by atoms with Gasteiger partial charge in [0.05, 0.1) is 5.25 Å². The summed E-state index contributed by atoms with van der Waals surface area (Å²) in [7, 11) is 0. The van der Waals surface area contributed by atoms with Gasteiger partial charge in [0.1, 0.15) is 0 Å². The van der Waals surface area contributed by atoms with Crippen molar-refractivity contribution in [3.8, 4) is 11.4 Å². The van der Waals surface area contributed by atoms with Crippen LogP contribution >= 0.6 is 11.8 Å². The van der Waals surface area contributed by atoms with Crippen molar-refractivity contribution in [2.24, 2.45) is 0 Å². The fourth-order valence-electron chi connectivity index (χ4n) is 2.28. The van der Waals surface area contributed by atoms with Crippen molar-refractivity contribution in [1.29, 1.82) is 0 Å². The second kappa shape index (κ2) is 7.98. The van der Waals surface area contributed by atoms with Crippen LogP contribution in [-0.4, -0.2) is 26.3 Å². The number of nitrogens with zero attached hydrogens (tertiary/aromatic N) is 2. The summed E-state index contributed by atoms with van der Waals surface area (Å²) in [6.07, 6.45) is 0. The number of nitrogens with one attached hydrogen (secondary N) is 2. The highest BCUT2D eigenvalue weighted by Gasteiger charge is 2.17. The molecule has 25 heavy (non-hydrogen) atoms. The highest BCUT2D eigenvalue weighted by Crippen LogP contribution is 2.23. The highest BCUT2D eigenvalue weighted by atomic mass is 32.2. The van der Waals surface area contributed by atoms with E-state index in [0.717, 1.165) is 11.1 Å². The number of carbonyl (C=O) groups excluding carboxylic acids is 1. The van der Waals surface area contributed by atoms with E-state index in [1.165, 1.54) is 17.3 Å². The molecule has 0 fully saturated rings. The Hall–Kier alpha value is -2.60. The average molecular weight is 352 g/mol. The van der Waals surface area contributed by atoms with E-state index >= 15 is 0 Å². The number of carbonyl (C=O) groups is 1. The molecular weight excluding hydrogens is 332 g/mol. The number of aryl methyl sites for hydroxylation is 1. The van der Waals surface area contributed by atoms with Gasteiger partial charge in [-0.25, -0.2) is 4.98 Å². The molecule has 0 saturated heterocycles. The molecule has 1 amide bonds.